The fourth-order valence-electron chi connectivity index (χ4n) is 3.67. The molecule has 3 aromatic carbocycles. The van der Waals surface area contributed by atoms with Crippen molar-refractivity contribution < 1.29 is 9.72 Å². The number of hydrogen-bond acceptors (Lipinski definition) is 5. The number of rotatable bonds is 4. The molecule has 1 atom stereocenters. The van der Waals surface area contributed by atoms with Crippen molar-refractivity contribution in [1.82, 2.24) is 5.01 Å². The number of halogens is 1. The molecule has 1 aliphatic heterocycles. The van der Waals surface area contributed by atoms with Gasteiger partial charge in [-0.2, -0.15) is 5.10 Å². The molecule has 0 spiro atoms. The first-order chi connectivity index (χ1) is 15.0. The van der Waals surface area contributed by atoms with E-state index >= 15 is 0 Å². The van der Waals surface area contributed by atoms with Crippen LogP contribution in [0.25, 0.3) is 0 Å². The Morgan fingerprint density at radius 2 is 1.81 bits per heavy atom. The van der Waals surface area contributed by atoms with Gasteiger partial charge < -0.3 is 4.90 Å². The fourth-order valence-corrected chi connectivity index (χ4v) is 3.85. The van der Waals surface area contributed by atoms with Gasteiger partial charge in [-0.1, -0.05) is 54.1 Å². The molecule has 0 N–H and O–H groups in total. The van der Waals surface area contributed by atoms with E-state index < -0.39 is 11.0 Å². The number of amides is 1. The smallest absolute Gasteiger partial charge is 0.278 e. The van der Waals surface area contributed by atoms with E-state index in [-0.39, 0.29) is 18.1 Å². The van der Waals surface area contributed by atoms with Crippen LogP contribution in [0.2, 0.25) is 5.02 Å². The van der Waals surface area contributed by atoms with E-state index in [1.54, 1.807) is 41.2 Å². The van der Waals surface area contributed by atoms with Gasteiger partial charge in [0.1, 0.15) is 6.54 Å². The Morgan fingerprint density at radius 1 is 1.10 bits per heavy atom. The first-order valence-corrected chi connectivity index (χ1v) is 9.98. The van der Waals surface area contributed by atoms with E-state index in [1.165, 1.54) is 12.3 Å². The predicted molar refractivity (Wildman–Crippen MR) is 121 cm³/mol. The lowest BCUT2D eigenvalue weighted by Gasteiger charge is -2.28. The van der Waals surface area contributed by atoms with Crippen LogP contribution < -0.4 is 4.90 Å². The zero-order valence-electron chi connectivity index (χ0n) is 16.7. The van der Waals surface area contributed by atoms with Gasteiger partial charge in [-0.15, -0.1) is 0 Å². The van der Waals surface area contributed by atoms with Gasteiger partial charge in [-0.25, -0.2) is 0 Å². The standard InChI is InChI=1S/C23H19ClN4O3/c1-26-21-12-11-18(24)13-19(21)23(16-7-3-2-4-8-16)27(15-22(26)29)25-14-17-9-5-6-10-20(17)28(30)31/h2-14,23H,15H2,1H3. The molecule has 1 heterocycles. The molecule has 8 heteroatoms. The van der Waals surface area contributed by atoms with Crippen molar-refractivity contribution in [2.24, 2.45) is 5.10 Å². The van der Waals surface area contributed by atoms with Gasteiger partial charge in [-0.3, -0.25) is 19.9 Å². The molecular weight excluding hydrogens is 416 g/mol. The molecule has 1 amide bonds. The van der Waals surface area contributed by atoms with Crippen LogP contribution in [0.5, 0.6) is 0 Å². The molecule has 7 nitrogen and oxygen atoms in total. The largest absolute Gasteiger partial charge is 0.314 e. The summed E-state index contributed by atoms with van der Waals surface area (Å²) in [5, 5.41) is 18.1. The fraction of sp³-hybridized carbons (Fsp3) is 0.130. The zero-order chi connectivity index (χ0) is 22.0. The monoisotopic (exact) mass is 434 g/mol. The number of nitro benzene ring substituents is 1. The second kappa shape index (κ2) is 8.57. The normalized spacial score (nSPS) is 16.3. The summed E-state index contributed by atoms with van der Waals surface area (Å²) < 4.78 is 0. The number of nitrogens with zero attached hydrogens (tertiary/aromatic N) is 4. The van der Waals surface area contributed by atoms with Crippen molar-refractivity contribution in [2.75, 3.05) is 18.5 Å². The number of carbonyl (C=O) groups is 1. The highest BCUT2D eigenvalue weighted by atomic mass is 35.5. The maximum atomic E-state index is 12.9. The third kappa shape index (κ3) is 4.13. The van der Waals surface area contributed by atoms with E-state index in [4.69, 9.17) is 11.6 Å². The number of anilines is 1. The van der Waals surface area contributed by atoms with Crippen LogP contribution in [0.4, 0.5) is 11.4 Å². The number of para-hydroxylation sites is 1. The molecule has 0 bridgehead atoms. The molecule has 0 fully saturated rings. The number of carbonyl (C=O) groups excluding carboxylic acids is 1. The highest BCUT2D eigenvalue weighted by molar-refractivity contribution is 6.30. The Bertz CT molecular complexity index is 1170. The molecule has 4 rings (SSSR count). The molecular formula is C23H19ClN4O3. The maximum Gasteiger partial charge on any atom is 0.278 e. The summed E-state index contributed by atoms with van der Waals surface area (Å²) in [6.45, 7) is -0.000505. The number of hydrazone groups is 1. The molecule has 156 valence electrons. The van der Waals surface area contributed by atoms with E-state index in [9.17, 15) is 14.9 Å². The lowest BCUT2D eigenvalue weighted by Crippen LogP contribution is -2.34. The summed E-state index contributed by atoms with van der Waals surface area (Å²) in [7, 11) is 1.71. The highest BCUT2D eigenvalue weighted by Gasteiger charge is 2.32. The number of fused-ring (bicyclic) bond motifs is 1. The minimum absolute atomic E-state index is 0.000505. The van der Waals surface area contributed by atoms with E-state index in [1.807, 2.05) is 42.5 Å². The van der Waals surface area contributed by atoms with Gasteiger partial charge in [-0.05, 0) is 29.8 Å². The van der Waals surface area contributed by atoms with Gasteiger partial charge in [0.15, 0.2) is 0 Å². The van der Waals surface area contributed by atoms with Crippen LogP contribution in [0, 0.1) is 10.1 Å². The Morgan fingerprint density at radius 3 is 2.55 bits per heavy atom. The van der Waals surface area contributed by atoms with Crippen LogP contribution >= 0.6 is 11.6 Å². The topological polar surface area (TPSA) is 79.0 Å². The summed E-state index contributed by atoms with van der Waals surface area (Å²) in [5.41, 5.74) is 2.80. The third-order valence-corrected chi connectivity index (χ3v) is 5.44. The van der Waals surface area contributed by atoms with Crippen LogP contribution in [0.1, 0.15) is 22.7 Å². The van der Waals surface area contributed by atoms with Crippen LogP contribution in [0.15, 0.2) is 77.9 Å². The quantitative estimate of drug-likeness (QED) is 0.340. The van der Waals surface area contributed by atoms with Crippen LogP contribution in [0.3, 0.4) is 0 Å². The lowest BCUT2D eigenvalue weighted by molar-refractivity contribution is -0.385. The summed E-state index contributed by atoms with van der Waals surface area (Å²) in [4.78, 5) is 25.4. The molecule has 0 aliphatic carbocycles. The number of nitro groups is 1. The van der Waals surface area contributed by atoms with Gasteiger partial charge in [0.05, 0.1) is 22.7 Å². The molecule has 1 aliphatic rings. The van der Waals surface area contributed by atoms with Crippen molar-refractivity contribution in [3.63, 3.8) is 0 Å². The number of hydrogen-bond donors (Lipinski definition) is 0. The second-order valence-electron chi connectivity index (χ2n) is 7.13. The summed E-state index contributed by atoms with van der Waals surface area (Å²) in [5.74, 6) is -0.151. The zero-order valence-corrected chi connectivity index (χ0v) is 17.4. The number of benzene rings is 3. The van der Waals surface area contributed by atoms with Gasteiger partial charge >= 0.3 is 0 Å². The summed E-state index contributed by atoms with van der Waals surface area (Å²) in [6, 6.07) is 21.0. The molecule has 0 saturated heterocycles. The van der Waals surface area contributed by atoms with Crippen molar-refractivity contribution in [3.8, 4) is 0 Å². The summed E-state index contributed by atoms with van der Waals surface area (Å²) >= 11 is 6.31. The molecule has 0 radical (unpaired) electrons. The minimum Gasteiger partial charge on any atom is -0.314 e. The Kier molecular flexibility index (Phi) is 5.68. The van der Waals surface area contributed by atoms with E-state index in [2.05, 4.69) is 5.10 Å². The van der Waals surface area contributed by atoms with Crippen LogP contribution in [-0.4, -0.2) is 35.6 Å². The minimum atomic E-state index is -0.452. The number of likely N-dealkylation sites (N-methyl/N-ethyl adjacent to an activating group) is 1. The second-order valence-corrected chi connectivity index (χ2v) is 7.56. The Labute approximate surface area is 184 Å². The maximum absolute atomic E-state index is 12.9. The molecule has 0 saturated carbocycles. The molecule has 1 unspecified atom stereocenters. The van der Waals surface area contributed by atoms with Crippen LogP contribution in [-0.2, 0) is 4.79 Å². The molecule has 3 aromatic rings. The highest BCUT2D eigenvalue weighted by Crippen LogP contribution is 2.39. The third-order valence-electron chi connectivity index (χ3n) is 5.21. The van der Waals surface area contributed by atoms with E-state index in [0.29, 0.717) is 10.6 Å². The van der Waals surface area contributed by atoms with Crippen molar-refractivity contribution >= 4 is 35.1 Å². The SMILES string of the molecule is CN1C(=O)CN(N=Cc2ccccc2[N+](=O)[O-])C(c2ccccc2)c2cc(Cl)ccc21. The first-order valence-electron chi connectivity index (χ1n) is 9.60. The van der Waals surface area contributed by atoms with Crippen molar-refractivity contribution in [2.45, 2.75) is 6.04 Å². The summed E-state index contributed by atoms with van der Waals surface area (Å²) in [6.07, 6.45) is 1.43. The Balaban J connectivity index is 1.86. The molecule has 31 heavy (non-hydrogen) atoms. The Hall–Kier alpha value is -3.71. The van der Waals surface area contributed by atoms with Gasteiger partial charge in [0, 0.05) is 29.4 Å². The van der Waals surface area contributed by atoms with E-state index in [0.717, 1.165) is 16.8 Å². The van der Waals surface area contributed by atoms with Gasteiger partial charge in [0.25, 0.3) is 5.69 Å². The average Bonchev–Trinajstić information content (AvgIpc) is 2.87. The lowest BCUT2D eigenvalue weighted by atomic mass is 9.97. The molecule has 0 aromatic heterocycles. The average molecular weight is 435 g/mol. The first kappa shape index (κ1) is 20.6. The van der Waals surface area contributed by atoms with Gasteiger partial charge in [0.2, 0.25) is 5.91 Å². The van der Waals surface area contributed by atoms with Crippen molar-refractivity contribution in [1.29, 1.82) is 0 Å². The predicted octanol–water partition coefficient (Wildman–Crippen LogP) is 4.65. The van der Waals surface area contributed by atoms with Crippen molar-refractivity contribution in [3.05, 3.63) is 105 Å².